The summed E-state index contributed by atoms with van der Waals surface area (Å²) < 4.78 is 12.2. The molecule has 0 aliphatic rings. The number of thiophene rings is 1. The molecule has 0 aliphatic heterocycles. The molecule has 186 valence electrons. The zero-order chi connectivity index (χ0) is 25.5. The third-order valence-corrected chi connectivity index (χ3v) is 6.64. The number of anilines is 1. The Labute approximate surface area is 207 Å². The highest BCUT2D eigenvalue weighted by molar-refractivity contribution is 7.24. The number of esters is 1. The summed E-state index contributed by atoms with van der Waals surface area (Å²) in [4.78, 5) is 37.5. The van der Waals surface area contributed by atoms with E-state index in [4.69, 9.17) is 9.47 Å². The molecular weight excluding hydrogens is 470 g/mol. The Hall–Kier alpha value is -3.50. The fourth-order valence-corrected chi connectivity index (χ4v) is 4.98. The number of non-ortho nitro benzene ring substituents is 1. The zero-order valence-electron chi connectivity index (χ0n) is 20.3. The summed E-state index contributed by atoms with van der Waals surface area (Å²) in [6.07, 6.45) is 0. The maximum absolute atomic E-state index is 12.8. The lowest BCUT2D eigenvalue weighted by Crippen LogP contribution is -2.28. The van der Waals surface area contributed by atoms with E-state index in [0.29, 0.717) is 34.0 Å². The first kappa shape index (κ1) is 26.1. The van der Waals surface area contributed by atoms with Crippen LogP contribution in [0.5, 0.6) is 5.75 Å². The van der Waals surface area contributed by atoms with Crippen LogP contribution in [0, 0.1) is 10.1 Å². The van der Waals surface area contributed by atoms with Crippen molar-refractivity contribution in [2.75, 3.05) is 38.2 Å². The van der Waals surface area contributed by atoms with E-state index in [-0.39, 0.29) is 23.8 Å². The number of likely N-dealkylation sites (N-methyl/N-ethyl adjacent to an activating group) is 1. The van der Waals surface area contributed by atoms with Crippen LogP contribution in [0.3, 0.4) is 0 Å². The molecule has 0 saturated carbocycles. The van der Waals surface area contributed by atoms with Crippen LogP contribution in [-0.2, 0) is 9.53 Å². The second-order valence-corrected chi connectivity index (χ2v) is 8.73. The predicted molar refractivity (Wildman–Crippen MR) is 137 cm³/mol. The first-order valence-electron chi connectivity index (χ1n) is 11.4. The van der Waals surface area contributed by atoms with E-state index < -0.39 is 10.9 Å². The molecule has 1 N–H and O–H groups in total. The number of benzene rings is 2. The van der Waals surface area contributed by atoms with Crippen molar-refractivity contribution in [2.45, 2.75) is 27.7 Å². The average Bonchev–Trinajstić information content (AvgIpc) is 3.19. The fraction of sp³-hybridized carbons (Fsp3) is 0.360. The molecule has 10 heteroatoms. The SMILES string of the molecule is CCOC(=O)c1c(NC(C)=O)sc2c(OCCN(CC)CC)c(-c3ccc([N+](=O)[O-])cc3)ccc12. The summed E-state index contributed by atoms with van der Waals surface area (Å²) >= 11 is 1.24. The van der Waals surface area contributed by atoms with Gasteiger partial charge in [0.15, 0.2) is 0 Å². The van der Waals surface area contributed by atoms with Gasteiger partial charge in [0.25, 0.3) is 5.69 Å². The van der Waals surface area contributed by atoms with E-state index >= 15 is 0 Å². The predicted octanol–water partition coefficient (Wildman–Crippen LogP) is 5.33. The first-order valence-corrected chi connectivity index (χ1v) is 12.3. The largest absolute Gasteiger partial charge is 0.490 e. The number of hydrogen-bond acceptors (Lipinski definition) is 8. The number of nitrogens with one attached hydrogen (secondary N) is 1. The van der Waals surface area contributed by atoms with Gasteiger partial charge >= 0.3 is 5.97 Å². The van der Waals surface area contributed by atoms with E-state index in [1.807, 2.05) is 6.07 Å². The number of fused-ring (bicyclic) bond motifs is 1. The molecule has 9 nitrogen and oxygen atoms in total. The van der Waals surface area contributed by atoms with E-state index in [9.17, 15) is 19.7 Å². The third-order valence-electron chi connectivity index (χ3n) is 5.52. The number of ether oxygens (including phenoxy) is 2. The highest BCUT2D eigenvalue weighted by Gasteiger charge is 2.25. The van der Waals surface area contributed by atoms with Gasteiger partial charge in [-0.2, -0.15) is 0 Å². The quantitative estimate of drug-likeness (QED) is 0.216. The zero-order valence-corrected chi connectivity index (χ0v) is 21.1. The number of carbonyl (C=O) groups is 2. The minimum Gasteiger partial charge on any atom is -0.490 e. The Morgan fingerprint density at radius 1 is 1.09 bits per heavy atom. The Morgan fingerprint density at radius 3 is 2.34 bits per heavy atom. The van der Waals surface area contributed by atoms with Gasteiger partial charge in [0.05, 0.1) is 16.2 Å². The molecule has 0 spiro atoms. The monoisotopic (exact) mass is 499 g/mol. The Kier molecular flexibility index (Phi) is 8.78. The molecule has 1 heterocycles. The maximum Gasteiger partial charge on any atom is 0.341 e. The Morgan fingerprint density at radius 2 is 1.77 bits per heavy atom. The second kappa shape index (κ2) is 11.8. The van der Waals surface area contributed by atoms with Crippen molar-refractivity contribution in [3.63, 3.8) is 0 Å². The van der Waals surface area contributed by atoms with Crippen LogP contribution in [0.1, 0.15) is 38.1 Å². The summed E-state index contributed by atoms with van der Waals surface area (Å²) in [6.45, 7) is 10.3. The van der Waals surface area contributed by atoms with Gasteiger partial charge in [-0.05, 0) is 43.8 Å². The minimum absolute atomic E-state index is 0.00695. The standard InChI is InChI=1S/C25H29N3O6S/c1-5-27(6-2)14-15-34-22-19(17-8-10-18(11-9-17)28(31)32)12-13-20-21(25(30)33-7-3)24(26-16(4)29)35-23(20)22/h8-13H,5-7,14-15H2,1-4H3,(H,26,29). The van der Waals surface area contributed by atoms with Gasteiger partial charge in [0, 0.05) is 36.6 Å². The van der Waals surface area contributed by atoms with Gasteiger partial charge in [-0.1, -0.05) is 19.9 Å². The molecule has 2 aromatic carbocycles. The fourth-order valence-electron chi connectivity index (χ4n) is 3.74. The lowest BCUT2D eigenvalue weighted by molar-refractivity contribution is -0.384. The normalized spacial score (nSPS) is 11.0. The molecule has 3 rings (SSSR count). The van der Waals surface area contributed by atoms with E-state index in [1.54, 1.807) is 25.1 Å². The molecule has 0 unspecified atom stereocenters. The van der Waals surface area contributed by atoms with Crippen LogP contribution in [0.15, 0.2) is 36.4 Å². The van der Waals surface area contributed by atoms with Gasteiger partial charge in [0.1, 0.15) is 22.9 Å². The molecule has 0 bridgehead atoms. The van der Waals surface area contributed by atoms with Gasteiger partial charge in [-0.15, -0.1) is 11.3 Å². The molecule has 1 amide bonds. The van der Waals surface area contributed by atoms with Crippen LogP contribution < -0.4 is 10.1 Å². The maximum atomic E-state index is 12.8. The number of nitro groups is 1. The highest BCUT2D eigenvalue weighted by atomic mass is 32.1. The molecular formula is C25H29N3O6S. The summed E-state index contributed by atoms with van der Waals surface area (Å²) in [7, 11) is 0. The molecule has 3 aromatic rings. The molecule has 0 radical (unpaired) electrons. The van der Waals surface area contributed by atoms with Gasteiger partial charge in [-0.25, -0.2) is 4.79 Å². The molecule has 0 saturated heterocycles. The average molecular weight is 500 g/mol. The summed E-state index contributed by atoms with van der Waals surface area (Å²) in [5.41, 5.74) is 1.75. The summed E-state index contributed by atoms with van der Waals surface area (Å²) in [5, 5.41) is 14.8. The van der Waals surface area contributed by atoms with Gasteiger partial charge < -0.3 is 19.7 Å². The lowest BCUT2D eigenvalue weighted by Gasteiger charge is -2.19. The topological polar surface area (TPSA) is 111 Å². The molecule has 1 aromatic heterocycles. The third kappa shape index (κ3) is 5.95. The summed E-state index contributed by atoms with van der Waals surface area (Å²) in [6, 6.07) is 9.84. The van der Waals surface area contributed by atoms with Crippen molar-refractivity contribution in [1.82, 2.24) is 4.90 Å². The van der Waals surface area contributed by atoms with Crippen LogP contribution in [0.4, 0.5) is 10.7 Å². The van der Waals surface area contributed by atoms with E-state index in [1.165, 1.54) is 30.4 Å². The number of carbonyl (C=O) groups excluding carboxylic acids is 2. The number of nitrogens with zero attached hydrogens (tertiary/aromatic N) is 2. The van der Waals surface area contributed by atoms with Crippen molar-refractivity contribution in [3.8, 4) is 16.9 Å². The number of hydrogen-bond donors (Lipinski definition) is 1. The van der Waals surface area contributed by atoms with E-state index in [0.717, 1.165) is 24.2 Å². The van der Waals surface area contributed by atoms with E-state index in [2.05, 4.69) is 24.1 Å². The Bertz CT molecular complexity index is 1220. The van der Waals surface area contributed by atoms with Crippen molar-refractivity contribution in [2.24, 2.45) is 0 Å². The lowest BCUT2D eigenvalue weighted by atomic mass is 10.0. The van der Waals surface area contributed by atoms with Gasteiger partial charge in [0.2, 0.25) is 5.91 Å². The minimum atomic E-state index is -0.528. The molecule has 0 atom stereocenters. The van der Waals surface area contributed by atoms with Crippen molar-refractivity contribution in [3.05, 3.63) is 52.1 Å². The smallest absolute Gasteiger partial charge is 0.341 e. The summed E-state index contributed by atoms with van der Waals surface area (Å²) in [5.74, 6) is -0.281. The molecule has 0 aliphatic carbocycles. The van der Waals surface area contributed by atoms with Gasteiger partial charge in [-0.3, -0.25) is 14.9 Å². The van der Waals surface area contributed by atoms with Crippen LogP contribution >= 0.6 is 11.3 Å². The number of amides is 1. The van der Waals surface area contributed by atoms with Crippen LogP contribution in [0.2, 0.25) is 0 Å². The van der Waals surface area contributed by atoms with Crippen LogP contribution in [-0.4, -0.2) is 54.5 Å². The first-order chi connectivity index (χ1) is 16.8. The second-order valence-electron chi connectivity index (χ2n) is 7.71. The molecule has 0 fully saturated rings. The Balaban J connectivity index is 2.17. The number of nitro benzene ring substituents is 1. The van der Waals surface area contributed by atoms with Crippen molar-refractivity contribution in [1.29, 1.82) is 0 Å². The number of rotatable bonds is 11. The molecule has 35 heavy (non-hydrogen) atoms. The van der Waals surface area contributed by atoms with Crippen molar-refractivity contribution >= 4 is 44.0 Å². The highest BCUT2D eigenvalue weighted by Crippen LogP contribution is 2.46. The van der Waals surface area contributed by atoms with Crippen molar-refractivity contribution < 1.29 is 24.0 Å². The van der Waals surface area contributed by atoms with Crippen LogP contribution in [0.25, 0.3) is 21.2 Å².